The molecule has 3 rings (SSSR count). The van der Waals surface area contributed by atoms with E-state index >= 15 is 0 Å². The Balaban J connectivity index is 1.68. The second-order valence-electron chi connectivity index (χ2n) is 6.93. The van der Waals surface area contributed by atoms with E-state index in [1.54, 1.807) is 11.3 Å². The topological polar surface area (TPSA) is 78.4 Å². The molecule has 7 nitrogen and oxygen atoms in total. The van der Waals surface area contributed by atoms with Gasteiger partial charge in [-0.1, -0.05) is 25.2 Å². The molecule has 0 aromatic carbocycles. The van der Waals surface area contributed by atoms with Gasteiger partial charge >= 0.3 is 6.03 Å². The smallest absolute Gasteiger partial charge is 0.322 e. The lowest BCUT2D eigenvalue weighted by Gasteiger charge is -2.22. The van der Waals surface area contributed by atoms with E-state index in [-0.39, 0.29) is 18.0 Å². The van der Waals surface area contributed by atoms with Crippen LogP contribution in [0.3, 0.4) is 0 Å². The van der Waals surface area contributed by atoms with E-state index < -0.39 is 5.54 Å². The first-order valence-electron chi connectivity index (χ1n) is 8.03. The van der Waals surface area contributed by atoms with E-state index in [2.05, 4.69) is 34.3 Å². The zero-order chi connectivity index (χ0) is 16.8. The molecule has 1 aromatic heterocycles. The second kappa shape index (κ2) is 5.83. The molecule has 2 aliphatic heterocycles. The number of nitrogens with one attached hydrogen (secondary N) is 1. The molecule has 23 heavy (non-hydrogen) atoms. The van der Waals surface area contributed by atoms with Crippen LogP contribution in [-0.4, -0.2) is 56.6 Å². The van der Waals surface area contributed by atoms with Gasteiger partial charge in [-0.2, -0.15) is 0 Å². The highest BCUT2D eigenvalue weighted by Gasteiger charge is 2.55. The van der Waals surface area contributed by atoms with E-state index in [0.29, 0.717) is 25.4 Å². The van der Waals surface area contributed by atoms with Gasteiger partial charge in [0.25, 0.3) is 5.91 Å². The van der Waals surface area contributed by atoms with Crippen molar-refractivity contribution in [3.05, 3.63) is 10.0 Å². The van der Waals surface area contributed by atoms with Crippen LogP contribution in [0.25, 0.3) is 0 Å². The number of amides is 3. The van der Waals surface area contributed by atoms with Gasteiger partial charge in [0.05, 0.1) is 6.54 Å². The molecule has 1 aromatic rings. The standard InChI is InChI=1S/C15H23N5O2S/c1-9(2)12-18-17-11(23-12)7-19-6-5-15(8-19)13(21)20(10(3)4)14(22)16-15/h9-10H,5-8H2,1-4H3,(H,16,22). The van der Waals surface area contributed by atoms with Crippen LogP contribution in [-0.2, 0) is 11.3 Å². The number of carbonyl (C=O) groups excluding carboxylic acids is 2. The number of likely N-dealkylation sites (tertiary alicyclic amines) is 1. The maximum absolute atomic E-state index is 12.7. The number of hydrogen-bond acceptors (Lipinski definition) is 6. The molecule has 1 spiro atoms. The summed E-state index contributed by atoms with van der Waals surface area (Å²) in [7, 11) is 0. The largest absolute Gasteiger partial charge is 0.325 e. The molecule has 0 aliphatic carbocycles. The summed E-state index contributed by atoms with van der Waals surface area (Å²) in [5, 5.41) is 13.3. The number of rotatable bonds is 4. The van der Waals surface area contributed by atoms with Crippen LogP contribution in [0.15, 0.2) is 0 Å². The quantitative estimate of drug-likeness (QED) is 0.844. The van der Waals surface area contributed by atoms with E-state index in [9.17, 15) is 9.59 Å². The third-order valence-electron chi connectivity index (χ3n) is 4.39. The lowest BCUT2D eigenvalue weighted by molar-refractivity contribution is -0.132. The Hall–Kier alpha value is -1.54. The summed E-state index contributed by atoms with van der Waals surface area (Å²) in [5.41, 5.74) is -0.757. The van der Waals surface area contributed by atoms with Crippen molar-refractivity contribution in [1.82, 2.24) is 25.3 Å². The molecule has 1 unspecified atom stereocenters. The monoisotopic (exact) mass is 337 g/mol. The predicted molar refractivity (Wildman–Crippen MR) is 87.1 cm³/mol. The van der Waals surface area contributed by atoms with Crippen molar-refractivity contribution in [3.63, 3.8) is 0 Å². The highest BCUT2D eigenvalue weighted by atomic mass is 32.1. The van der Waals surface area contributed by atoms with Gasteiger partial charge in [0.15, 0.2) is 0 Å². The summed E-state index contributed by atoms with van der Waals surface area (Å²) >= 11 is 1.62. The summed E-state index contributed by atoms with van der Waals surface area (Å²) in [6.45, 7) is 9.91. The van der Waals surface area contributed by atoms with Gasteiger partial charge in [-0.3, -0.25) is 14.6 Å². The molecule has 8 heteroatoms. The molecule has 2 aliphatic rings. The van der Waals surface area contributed by atoms with Gasteiger partial charge in [-0.05, 0) is 20.3 Å². The molecule has 1 atom stereocenters. The fourth-order valence-electron chi connectivity index (χ4n) is 3.17. The first kappa shape index (κ1) is 16.3. The Kier molecular flexibility index (Phi) is 4.14. The zero-order valence-electron chi connectivity index (χ0n) is 14.0. The van der Waals surface area contributed by atoms with Crippen molar-refractivity contribution >= 4 is 23.3 Å². The highest BCUT2D eigenvalue weighted by Crippen LogP contribution is 2.31. The Bertz CT molecular complexity index is 629. The maximum atomic E-state index is 12.7. The Labute approximate surface area is 140 Å². The van der Waals surface area contributed by atoms with Gasteiger partial charge in [-0.25, -0.2) is 4.79 Å². The third kappa shape index (κ3) is 2.85. The van der Waals surface area contributed by atoms with Crippen LogP contribution < -0.4 is 5.32 Å². The SMILES string of the molecule is CC(C)c1nnc(CN2CCC3(C2)NC(=O)N(C(C)C)C3=O)s1. The van der Waals surface area contributed by atoms with Crippen molar-refractivity contribution in [3.8, 4) is 0 Å². The van der Waals surface area contributed by atoms with Crippen molar-refractivity contribution in [2.45, 2.75) is 58.2 Å². The fourth-order valence-corrected chi connectivity index (χ4v) is 4.05. The number of nitrogens with zero attached hydrogens (tertiary/aromatic N) is 4. The van der Waals surface area contributed by atoms with E-state index in [0.717, 1.165) is 16.6 Å². The summed E-state index contributed by atoms with van der Waals surface area (Å²) < 4.78 is 0. The van der Waals surface area contributed by atoms with E-state index in [1.807, 2.05) is 13.8 Å². The van der Waals surface area contributed by atoms with Crippen LogP contribution in [0, 0.1) is 0 Å². The minimum atomic E-state index is -0.757. The van der Waals surface area contributed by atoms with E-state index in [4.69, 9.17) is 0 Å². The number of carbonyl (C=O) groups is 2. The molecule has 0 bridgehead atoms. The summed E-state index contributed by atoms with van der Waals surface area (Å²) in [6, 6.07) is -0.391. The first-order valence-corrected chi connectivity index (χ1v) is 8.84. The Morgan fingerprint density at radius 1 is 1.26 bits per heavy atom. The summed E-state index contributed by atoms with van der Waals surface area (Å²) in [4.78, 5) is 28.3. The predicted octanol–water partition coefficient (Wildman–Crippen LogP) is 1.57. The zero-order valence-corrected chi connectivity index (χ0v) is 14.8. The minimum Gasteiger partial charge on any atom is -0.322 e. The van der Waals surface area contributed by atoms with Gasteiger partial charge in [0, 0.05) is 25.0 Å². The highest BCUT2D eigenvalue weighted by molar-refractivity contribution is 7.11. The van der Waals surface area contributed by atoms with Gasteiger partial charge in [0.2, 0.25) is 0 Å². The third-order valence-corrected chi connectivity index (χ3v) is 5.60. The average molecular weight is 337 g/mol. The molecule has 3 amide bonds. The van der Waals surface area contributed by atoms with Crippen molar-refractivity contribution in [1.29, 1.82) is 0 Å². The Morgan fingerprint density at radius 2 is 2.00 bits per heavy atom. The first-order chi connectivity index (χ1) is 10.8. The van der Waals surface area contributed by atoms with Gasteiger partial charge in [0.1, 0.15) is 15.6 Å². The van der Waals surface area contributed by atoms with Crippen LogP contribution >= 0.6 is 11.3 Å². The Morgan fingerprint density at radius 3 is 2.57 bits per heavy atom. The fraction of sp³-hybridized carbons (Fsp3) is 0.733. The number of imide groups is 1. The summed E-state index contributed by atoms with van der Waals surface area (Å²) in [6.07, 6.45) is 0.649. The molecule has 3 heterocycles. The molecule has 0 radical (unpaired) electrons. The second-order valence-corrected chi connectivity index (χ2v) is 8.02. The molecule has 126 valence electrons. The lowest BCUT2D eigenvalue weighted by Crippen LogP contribution is -2.49. The maximum Gasteiger partial charge on any atom is 0.325 e. The van der Waals surface area contributed by atoms with Gasteiger partial charge < -0.3 is 5.32 Å². The lowest BCUT2D eigenvalue weighted by atomic mass is 9.99. The van der Waals surface area contributed by atoms with Crippen LogP contribution in [0.2, 0.25) is 0 Å². The number of aromatic nitrogens is 2. The van der Waals surface area contributed by atoms with Crippen molar-refractivity contribution in [2.75, 3.05) is 13.1 Å². The molecule has 0 saturated carbocycles. The molecular weight excluding hydrogens is 314 g/mol. The van der Waals surface area contributed by atoms with Crippen LogP contribution in [0.4, 0.5) is 4.79 Å². The molecule has 2 fully saturated rings. The molecule has 1 N–H and O–H groups in total. The molecule has 2 saturated heterocycles. The van der Waals surface area contributed by atoms with Crippen molar-refractivity contribution in [2.24, 2.45) is 0 Å². The van der Waals surface area contributed by atoms with Gasteiger partial charge in [-0.15, -0.1) is 10.2 Å². The van der Waals surface area contributed by atoms with Crippen molar-refractivity contribution < 1.29 is 9.59 Å². The molecular formula is C15H23N5O2S. The van der Waals surface area contributed by atoms with Crippen LogP contribution in [0.5, 0.6) is 0 Å². The number of urea groups is 1. The van der Waals surface area contributed by atoms with Crippen LogP contribution in [0.1, 0.15) is 50.0 Å². The minimum absolute atomic E-state index is 0.0971. The average Bonchev–Trinajstić information content (AvgIpc) is 3.12. The van der Waals surface area contributed by atoms with E-state index in [1.165, 1.54) is 4.90 Å². The normalized spacial score (nSPS) is 25.4. The summed E-state index contributed by atoms with van der Waals surface area (Å²) in [5.74, 6) is 0.279. The number of hydrogen-bond donors (Lipinski definition) is 1.